The fraction of sp³-hybridized carbons (Fsp3) is 0.706. The maximum atomic E-state index is 6.14. The molecule has 0 aromatic carbocycles. The van der Waals surface area contributed by atoms with Crippen molar-refractivity contribution < 1.29 is 4.74 Å². The summed E-state index contributed by atoms with van der Waals surface area (Å²) in [5.74, 6) is 0.466. The van der Waals surface area contributed by atoms with Gasteiger partial charge in [0.1, 0.15) is 0 Å². The molecular weight excluding hydrogens is 248 g/mol. The lowest BCUT2D eigenvalue weighted by molar-refractivity contribution is -0.0451. The van der Waals surface area contributed by atoms with Crippen molar-refractivity contribution in [2.45, 2.75) is 64.7 Å². The third kappa shape index (κ3) is 3.80. The minimum atomic E-state index is 0.143. The highest BCUT2D eigenvalue weighted by molar-refractivity contribution is 5.26. The van der Waals surface area contributed by atoms with E-state index in [1.54, 1.807) is 0 Å². The summed E-state index contributed by atoms with van der Waals surface area (Å²) in [7, 11) is 4.18. The number of rotatable bonds is 6. The van der Waals surface area contributed by atoms with E-state index in [9.17, 15) is 0 Å². The van der Waals surface area contributed by atoms with Gasteiger partial charge in [-0.2, -0.15) is 0 Å². The summed E-state index contributed by atoms with van der Waals surface area (Å²) in [5.41, 5.74) is 3.57. The molecule has 2 rings (SSSR count). The van der Waals surface area contributed by atoms with Crippen LogP contribution < -0.4 is 0 Å². The molecule has 1 atom stereocenters. The minimum absolute atomic E-state index is 0.143. The summed E-state index contributed by atoms with van der Waals surface area (Å²) < 4.78 is 6.14. The van der Waals surface area contributed by atoms with Crippen LogP contribution in [-0.4, -0.2) is 30.1 Å². The molecule has 0 bridgehead atoms. The lowest BCUT2D eigenvalue weighted by Crippen LogP contribution is -2.24. The normalized spacial score (nSPS) is 17.6. The number of hydrogen-bond acceptors (Lipinski definition) is 3. The zero-order chi connectivity index (χ0) is 14.7. The largest absolute Gasteiger partial charge is 0.371 e. The topological polar surface area (TPSA) is 25.4 Å². The highest BCUT2D eigenvalue weighted by atomic mass is 16.5. The first-order valence-corrected chi connectivity index (χ1v) is 7.77. The van der Waals surface area contributed by atoms with Crippen LogP contribution in [0.2, 0.25) is 0 Å². The molecule has 3 nitrogen and oxygen atoms in total. The molecule has 0 saturated heterocycles. The fourth-order valence-corrected chi connectivity index (χ4v) is 2.52. The monoisotopic (exact) mass is 276 g/mol. The number of pyridine rings is 1. The average molecular weight is 276 g/mol. The number of aromatic nitrogens is 1. The van der Waals surface area contributed by atoms with E-state index in [-0.39, 0.29) is 6.10 Å². The Balaban J connectivity index is 2.20. The molecule has 1 aliphatic carbocycles. The molecule has 112 valence electrons. The molecule has 0 spiro atoms. The Morgan fingerprint density at radius 2 is 1.95 bits per heavy atom. The Labute approximate surface area is 123 Å². The lowest BCUT2D eigenvalue weighted by atomic mass is 9.95. The van der Waals surface area contributed by atoms with Crippen molar-refractivity contribution >= 4 is 0 Å². The average Bonchev–Trinajstić information content (AvgIpc) is 2.32. The Morgan fingerprint density at radius 3 is 2.45 bits per heavy atom. The zero-order valence-corrected chi connectivity index (χ0v) is 13.5. The molecule has 0 N–H and O–H groups in total. The van der Waals surface area contributed by atoms with Crippen molar-refractivity contribution in [1.82, 2.24) is 9.88 Å². The molecule has 0 aliphatic heterocycles. The molecule has 3 heteroatoms. The van der Waals surface area contributed by atoms with E-state index in [2.05, 4.69) is 51.9 Å². The summed E-state index contributed by atoms with van der Waals surface area (Å²) in [5, 5.41) is 0. The van der Waals surface area contributed by atoms with Gasteiger partial charge in [-0.15, -0.1) is 0 Å². The molecule has 1 aromatic heterocycles. The lowest BCUT2D eigenvalue weighted by Gasteiger charge is -2.30. The van der Waals surface area contributed by atoms with Crippen molar-refractivity contribution in [3.05, 3.63) is 29.1 Å². The van der Waals surface area contributed by atoms with Crippen molar-refractivity contribution in [3.8, 4) is 0 Å². The second-order valence-corrected chi connectivity index (χ2v) is 6.50. The van der Waals surface area contributed by atoms with Crippen LogP contribution in [0.1, 0.15) is 69.0 Å². The Kier molecular flexibility index (Phi) is 5.17. The summed E-state index contributed by atoms with van der Waals surface area (Å²) in [6.45, 7) is 7.41. The van der Waals surface area contributed by atoms with Crippen molar-refractivity contribution in [2.24, 2.45) is 0 Å². The number of nitrogens with zero attached hydrogens (tertiary/aromatic N) is 2. The van der Waals surface area contributed by atoms with Gasteiger partial charge in [-0.25, -0.2) is 0 Å². The van der Waals surface area contributed by atoms with E-state index in [4.69, 9.17) is 9.72 Å². The molecule has 1 heterocycles. The van der Waals surface area contributed by atoms with Gasteiger partial charge in [0.25, 0.3) is 0 Å². The van der Waals surface area contributed by atoms with Gasteiger partial charge in [0.05, 0.1) is 17.9 Å². The molecule has 0 unspecified atom stereocenters. The van der Waals surface area contributed by atoms with E-state index in [0.29, 0.717) is 12.0 Å². The summed E-state index contributed by atoms with van der Waals surface area (Å²) in [6, 6.07) is 4.37. The number of ether oxygens (including phenoxy) is 1. The highest BCUT2D eigenvalue weighted by Gasteiger charge is 2.23. The van der Waals surface area contributed by atoms with Crippen LogP contribution in [0.4, 0.5) is 0 Å². The summed E-state index contributed by atoms with van der Waals surface area (Å²) in [6.07, 6.45) is 4.34. The molecular formula is C17H28N2O. The van der Waals surface area contributed by atoms with E-state index in [1.165, 1.54) is 30.5 Å². The van der Waals surface area contributed by atoms with Crippen molar-refractivity contribution in [3.63, 3.8) is 0 Å². The highest BCUT2D eigenvalue weighted by Crippen LogP contribution is 2.30. The van der Waals surface area contributed by atoms with Crippen molar-refractivity contribution in [1.29, 1.82) is 0 Å². The summed E-state index contributed by atoms with van der Waals surface area (Å²) in [4.78, 5) is 7.04. The molecule has 1 aromatic rings. The van der Waals surface area contributed by atoms with E-state index >= 15 is 0 Å². The van der Waals surface area contributed by atoms with Gasteiger partial charge in [0.2, 0.25) is 0 Å². The second kappa shape index (κ2) is 6.68. The van der Waals surface area contributed by atoms with Crippen LogP contribution in [0.25, 0.3) is 0 Å². The van der Waals surface area contributed by atoms with Crippen LogP contribution >= 0.6 is 0 Å². The Morgan fingerprint density at radius 1 is 1.25 bits per heavy atom. The van der Waals surface area contributed by atoms with Gasteiger partial charge in [0, 0.05) is 17.8 Å². The van der Waals surface area contributed by atoms with Gasteiger partial charge >= 0.3 is 0 Å². The molecule has 0 radical (unpaired) electrons. The predicted molar refractivity (Wildman–Crippen MR) is 82.9 cm³/mol. The zero-order valence-electron chi connectivity index (χ0n) is 13.5. The van der Waals surface area contributed by atoms with E-state index in [1.807, 2.05) is 0 Å². The maximum absolute atomic E-state index is 6.14. The van der Waals surface area contributed by atoms with Gasteiger partial charge in [-0.3, -0.25) is 4.98 Å². The first-order chi connectivity index (χ1) is 9.47. The summed E-state index contributed by atoms with van der Waals surface area (Å²) >= 11 is 0. The van der Waals surface area contributed by atoms with Crippen LogP contribution in [0.15, 0.2) is 12.1 Å². The molecule has 1 aliphatic rings. The minimum Gasteiger partial charge on any atom is -0.371 e. The van der Waals surface area contributed by atoms with Crippen LogP contribution in [-0.2, 0) is 11.3 Å². The van der Waals surface area contributed by atoms with Gasteiger partial charge in [-0.1, -0.05) is 19.9 Å². The van der Waals surface area contributed by atoms with E-state index in [0.717, 1.165) is 12.2 Å². The van der Waals surface area contributed by atoms with Gasteiger partial charge in [-0.05, 0) is 52.3 Å². The van der Waals surface area contributed by atoms with Gasteiger partial charge < -0.3 is 9.64 Å². The predicted octanol–water partition coefficient (Wildman–Crippen LogP) is 3.90. The second-order valence-electron chi connectivity index (χ2n) is 6.50. The molecule has 0 amide bonds. The molecule has 1 fully saturated rings. The van der Waals surface area contributed by atoms with Crippen LogP contribution in [0, 0.1) is 0 Å². The third-order valence-corrected chi connectivity index (χ3v) is 3.98. The SMILES string of the molecule is CC(C)c1ccc([C@@H](C)OC2CCC2)c(CN(C)C)n1. The quantitative estimate of drug-likeness (QED) is 0.788. The Bertz CT molecular complexity index is 439. The Hall–Kier alpha value is -0.930. The molecule has 1 saturated carbocycles. The first-order valence-electron chi connectivity index (χ1n) is 7.77. The smallest absolute Gasteiger partial charge is 0.0818 e. The number of hydrogen-bond donors (Lipinski definition) is 0. The fourth-order valence-electron chi connectivity index (χ4n) is 2.52. The molecule has 20 heavy (non-hydrogen) atoms. The van der Waals surface area contributed by atoms with E-state index < -0.39 is 0 Å². The van der Waals surface area contributed by atoms with Crippen molar-refractivity contribution in [2.75, 3.05) is 14.1 Å². The third-order valence-electron chi connectivity index (χ3n) is 3.98. The van der Waals surface area contributed by atoms with Gasteiger partial charge in [0.15, 0.2) is 0 Å². The first kappa shape index (κ1) is 15.5. The van der Waals surface area contributed by atoms with Crippen LogP contribution in [0.5, 0.6) is 0 Å². The van der Waals surface area contributed by atoms with Crippen LogP contribution in [0.3, 0.4) is 0 Å². The maximum Gasteiger partial charge on any atom is 0.0818 e. The standard InChI is InChI=1S/C17H28N2O/c1-12(2)16-10-9-15(17(18-16)11-19(4)5)13(3)20-14-7-6-8-14/h9-10,12-14H,6-8,11H2,1-5H3/t13-/m1/s1.